The number of carbonyl (C=O) groups excluding carboxylic acids is 1. The second-order valence-corrected chi connectivity index (χ2v) is 5.29. The zero-order valence-corrected chi connectivity index (χ0v) is 13.4. The van der Waals surface area contributed by atoms with Crippen LogP contribution in [0.5, 0.6) is 5.75 Å². The highest BCUT2D eigenvalue weighted by atomic mass is 19.1. The minimum Gasteiger partial charge on any atom is -0.484 e. The van der Waals surface area contributed by atoms with Gasteiger partial charge in [-0.15, -0.1) is 0 Å². The third-order valence-electron chi connectivity index (χ3n) is 3.41. The summed E-state index contributed by atoms with van der Waals surface area (Å²) in [4.78, 5) is 20.4. The van der Waals surface area contributed by atoms with Crippen LogP contribution in [0.25, 0.3) is 11.4 Å². The van der Waals surface area contributed by atoms with Crippen LogP contribution in [0.15, 0.2) is 67.0 Å². The van der Waals surface area contributed by atoms with Crippen molar-refractivity contribution in [2.24, 2.45) is 0 Å². The summed E-state index contributed by atoms with van der Waals surface area (Å²) in [6, 6.07) is 15.0. The minimum atomic E-state index is -0.406. The summed E-state index contributed by atoms with van der Waals surface area (Å²) in [6.45, 7) is 0.156. The van der Waals surface area contributed by atoms with Crippen molar-refractivity contribution in [3.8, 4) is 17.1 Å². The van der Waals surface area contributed by atoms with Gasteiger partial charge < -0.3 is 10.1 Å². The highest BCUT2D eigenvalue weighted by Crippen LogP contribution is 2.13. The minimum absolute atomic E-state index is 0.178. The Morgan fingerprint density at radius 1 is 1.04 bits per heavy atom. The molecule has 0 fully saturated rings. The maximum Gasteiger partial charge on any atom is 0.258 e. The quantitative estimate of drug-likeness (QED) is 0.751. The smallest absolute Gasteiger partial charge is 0.258 e. The number of aromatic nitrogens is 2. The summed E-state index contributed by atoms with van der Waals surface area (Å²) >= 11 is 0. The zero-order chi connectivity index (χ0) is 17.5. The second-order valence-electron chi connectivity index (χ2n) is 5.29. The van der Waals surface area contributed by atoms with Crippen LogP contribution in [0, 0.1) is 5.82 Å². The molecule has 3 aromatic rings. The normalized spacial score (nSPS) is 10.3. The lowest BCUT2D eigenvalue weighted by atomic mass is 10.2. The van der Waals surface area contributed by atoms with Gasteiger partial charge in [-0.3, -0.25) is 14.8 Å². The standard InChI is InChI=1S/C19H16FN3O2/c20-15-4-3-5-16(10-15)25-13-19(24)23-12-14-7-8-18(22-11-14)17-6-1-2-9-21-17/h1-11H,12-13H2,(H,23,24). The Hall–Kier alpha value is -3.28. The molecule has 3 rings (SSSR count). The number of ether oxygens (including phenoxy) is 1. The first kappa shape index (κ1) is 16.6. The number of halogens is 1. The van der Waals surface area contributed by atoms with E-state index in [4.69, 9.17) is 4.74 Å². The summed E-state index contributed by atoms with van der Waals surface area (Å²) in [5.41, 5.74) is 2.42. The summed E-state index contributed by atoms with van der Waals surface area (Å²) in [5.74, 6) is -0.383. The highest BCUT2D eigenvalue weighted by molar-refractivity contribution is 5.77. The summed E-state index contributed by atoms with van der Waals surface area (Å²) in [6.07, 6.45) is 3.40. The van der Waals surface area contributed by atoms with Crippen molar-refractivity contribution in [2.75, 3.05) is 6.61 Å². The zero-order valence-electron chi connectivity index (χ0n) is 13.4. The number of benzene rings is 1. The number of carbonyl (C=O) groups is 1. The van der Waals surface area contributed by atoms with E-state index >= 15 is 0 Å². The molecule has 2 heterocycles. The van der Waals surface area contributed by atoms with E-state index in [0.717, 1.165) is 17.0 Å². The summed E-state index contributed by atoms with van der Waals surface area (Å²) < 4.78 is 18.3. The van der Waals surface area contributed by atoms with Gasteiger partial charge >= 0.3 is 0 Å². The number of hydrogen-bond acceptors (Lipinski definition) is 4. The van der Waals surface area contributed by atoms with Crippen molar-refractivity contribution < 1.29 is 13.9 Å². The predicted molar refractivity (Wildman–Crippen MR) is 91.2 cm³/mol. The van der Waals surface area contributed by atoms with Gasteiger partial charge in [0, 0.05) is 25.0 Å². The molecule has 6 heteroatoms. The van der Waals surface area contributed by atoms with Crippen molar-refractivity contribution in [3.63, 3.8) is 0 Å². The Morgan fingerprint density at radius 3 is 2.64 bits per heavy atom. The molecular weight excluding hydrogens is 321 g/mol. The summed E-state index contributed by atoms with van der Waals surface area (Å²) in [5, 5.41) is 2.73. The molecule has 0 radical (unpaired) electrons. The van der Waals surface area contributed by atoms with Crippen LogP contribution in [0.4, 0.5) is 4.39 Å². The van der Waals surface area contributed by atoms with Crippen LogP contribution in [0.3, 0.4) is 0 Å². The van der Waals surface area contributed by atoms with E-state index in [9.17, 15) is 9.18 Å². The molecule has 0 saturated carbocycles. The van der Waals surface area contributed by atoms with E-state index in [1.807, 2.05) is 30.3 Å². The van der Waals surface area contributed by atoms with E-state index in [2.05, 4.69) is 15.3 Å². The molecule has 0 atom stereocenters. The van der Waals surface area contributed by atoms with Gasteiger partial charge in [-0.25, -0.2) is 4.39 Å². The first-order valence-electron chi connectivity index (χ1n) is 7.72. The fourth-order valence-corrected chi connectivity index (χ4v) is 2.15. The van der Waals surface area contributed by atoms with E-state index in [0.29, 0.717) is 12.3 Å². The largest absolute Gasteiger partial charge is 0.484 e. The van der Waals surface area contributed by atoms with Crippen molar-refractivity contribution >= 4 is 5.91 Å². The number of nitrogens with zero attached hydrogens (tertiary/aromatic N) is 2. The van der Waals surface area contributed by atoms with Gasteiger partial charge in [0.15, 0.2) is 6.61 Å². The van der Waals surface area contributed by atoms with Crippen LogP contribution >= 0.6 is 0 Å². The van der Waals surface area contributed by atoms with E-state index in [1.54, 1.807) is 18.5 Å². The van der Waals surface area contributed by atoms with Crippen molar-refractivity contribution in [1.82, 2.24) is 15.3 Å². The van der Waals surface area contributed by atoms with Gasteiger partial charge in [-0.1, -0.05) is 18.2 Å². The Bertz CT molecular complexity index is 839. The number of rotatable bonds is 6. The van der Waals surface area contributed by atoms with Crippen molar-refractivity contribution in [1.29, 1.82) is 0 Å². The van der Waals surface area contributed by atoms with Gasteiger partial charge in [0.05, 0.1) is 11.4 Å². The number of pyridine rings is 2. The van der Waals surface area contributed by atoms with Crippen molar-refractivity contribution in [3.05, 3.63) is 78.4 Å². The number of amides is 1. The average Bonchev–Trinajstić information content (AvgIpc) is 2.66. The number of nitrogens with one attached hydrogen (secondary N) is 1. The van der Waals surface area contributed by atoms with Gasteiger partial charge in [-0.05, 0) is 35.9 Å². The molecule has 1 aromatic carbocycles. The van der Waals surface area contributed by atoms with Crippen LogP contribution in [0.1, 0.15) is 5.56 Å². The first-order chi connectivity index (χ1) is 12.2. The molecule has 25 heavy (non-hydrogen) atoms. The molecule has 5 nitrogen and oxygen atoms in total. The fourth-order valence-electron chi connectivity index (χ4n) is 2.15. The fraction of sp³-hybridized carbons (Fsp3) is 0.105. The molecule has 2 aromatic heterocycles. The maximum absolute atomic E-state index is 13.0. The lowest BCUT2D eigenvalue weighted by Gasteiger charge is -2.08. The molecule has 0 bridgehead atoms. The van der Waals surface area contributed by atoms with E-state index in [1.165, 1.54) is 18.2 Å². The Labute approximate surface area is 144 Å². The molecule has 0 saturated heterocycles. The molecule has 0 aliphatic carbocycles. The Kier molecular flexibility index (Phi) is 5.31. The molecular formula is C19H16FN3O2. The molecule has 1 N–H and O–H groups in total. The lowest BCUT2D eigenvalue weighted by Crippen LogP contribution is -2.28. The number of hydrogen-bond donors (Lipinski definition) is 1. The molecule has 126 valence electrons. The van der Waals surface area contributed by atoms with Gasteiger partial charge in [0.25, 0.3) is 5.91 Å². The monoisotopic (exact) mass is 337 g/mol. The van der Waals surface area contributed by atoms with E-state index < -0.39 is 5.82 Å². The molecule has 0 aliphatic heterocycles. The van der Waals surface area contributed by atoms with Crippen LogP contribution in [0.2, 0.25) is 0 Å². The molecule has 0 spiro atoms. The molecule has 0 aliphatic rings. The van der Waals surface area contributed by atoms with Crippen LogP contribution < -0.4 is 10.1 Å². The second kappa shape index (κ2) is 8.01. The van der Waals surface area contributed by atoms with Gasteiger partial charge in [0.2, 0.25) is 0 Å². The third-order valence-corrected chi connectivity index (χ3v) is 3.41. The van der Waals surface area contributed by atoms with Crippen LogP contribution in [-0.4, -0.2) is 22.5 Å². The topological polar surface area (TPSA) is 64.1 Å². The van der Waals surface area contributed by atoms with Crippen molar-refractivity contribution in [2.45, 2.75) is 6.54 Å². The third kappa shape index (κ3) is 4.84. The maximum atomic E-state index is 13.0. The predicted octanol–water partition coefficient (Wildman–Crippen LogP) is 2.98. The van der Waals surface area contributed by atoms with Crippen LogP contribution in [-0.2, 0) is 11.3 Å². The van der Waals surface area contributed by atoms with Gasteiger partial charge in [0.1, 0.15) is 11.6 Å². The Morgan fingerprint density at radius 2 is 1.92 bits per heavy atom. The lowest BCUT2D eigenvalue weighted by molar-refractivity contribution is -0.123. The van der Waals surface area contributed by atoms with Gasteiger partial charge in [-0.2, -0.15) is 0 Å². The highest BCUT2D eigenvalue weighted by Gasteiger charge is 2.05. The van der Waals surface area contributed by atoms with E-state index in [-0.39, 0.29) is 12.5 Å². The average molecular weight is 337 g/mol. The SMILES string of the molecule is O=C(COc1cccc(F)c1)NCc1ccc(-c2ccccn2)nc1. The molecule has 1 amide bonds. The first-order valence-corrected chi connectivity index (χ1v) is 7.72. The summed E-state index contributed by atoms with van der Waals surface area (Å²) in [7, 11) is 0. The molecule has 0 unspecified atom stereocenters. The Balaban J connectivity index is 1.49.